The Labute approximate surface area is 80.6 Å². The molecule has 1 heterocycles. The SMILES string of the molecule is Brc1ccc(C=C2CNC2)cc1. The van der Waals surface area contributed by atoms with Crippen molar-refractivity contribution in [1.82, 2.24) is 5.32 Å². The minimum Gasteiger partial charge on any atom is -0.309 e. The summed E-state index contributed by atoms with van der Waals surface area (Å²) in [6.07, 6.45) is 2.24. The summed E-state index contributed by atoms with van der Waals surface area (Å²) in [5, 5.41) is 3.22. The van der Waals surface area contributed by atoms with E-state index in [-0.39, 0.29) is 0 Å². The van der Waals surface area contributed by atoms with E-state index < -0.39 is 0 Å². The maximum Gasteiger partial charge on any atom is 0.0183 e. The zero-order valence-corrected chi connectivity index (χ0v) is 8.26. The number of halogens is 1. The molecule has 1 nitrogen and oxygen atoms in total. The van der Waals surface area contributed by atoms with Crippen molar-refractivity contribution < 1.29 is 0 Å². The molecule has 0 spiro atoms. The molecule has 0 amide bonds. The van der Waals surface area contributed by atoms with Crippen molar-refractivity contribution in [3.05, 3.63) is 39.9 Å². The van der Waals surface area contributed by atoms with E-state index in [9.17, 15) is 0 Å². The molecule has 12 heavy (non-hydrogen) atoms. The number of nitrogens with one attached hydrogen (secondary N) is 1. The van der Waals surface area contributed by atoms with Crippen LogP contribution in [-0.4, -0.2) is 13.1 Å². The minimum absolute atomic E-state index is 1.05. The maximum absolute atomic E-state index is 3.41. The standard InChI is InChI=1S/C10H10BrN/c11-10-3-1-8(2-4-10)5-9-6-12-7-9/h1-5,12H,6-7H2. The monoisotopic (exact) mass is 223 g/mol. The van der Waals surface area contributed by atoms with Crippen molar-refractivity contribution in [3.63, 3.8) is 0 Å². The Bertz CT molecular complexity index is 294. The van der Waals surface area contributed by atoms with Gasteiger partial charge < -0.3 is 5.32 Å². The van der Waals surface area contributed by atoms with Gasteiger partial charge >= 0.3 is 0 Å². The molecule has 2 heteroatoms. The van der Waals surface area contributed by atoms with Crippen molar-refractivity contribution >= 4 is 22.0 Å². The molecule has 0 atom stereocenters. The molecule has 1 aromatic rings. The van der Waals surface area contributed by atoms with Crippen molar-refractivity contribution in [2.45, 2.75) is 0 Å². The largest absolute Gasteiger partial charge is 0.309 e. The van der Waals surface area contributed by atoms with Gasteiger partial charge in [-0.25, -0.2) is 0 Å². The summed E-state index contributed by atoms with van der Waals surface area (Å²) in [7, 11) is 0. The Morgan fingerprint density at radius 2 is 1.83 bits per heavy atom. The second kappa shape index (κ2) is 3.42. The average molecular weight is 224 g/mol. The molecule has 0 saturated carbocycles. The number of hydrogen-bond donors (Lipinski definition) is 1. The van der Waals surface area contributed by atoms with Crippen LogP contribution < -0.4 is 5.32 Å². The van der Waals surface area contributed by atoms with Crippen LogP contribution in [0.25, 0.3) is 6.08 Å². The zero-order valence-electron chi connectivity index (χ0n) is 6.68. The van der Waals surface area contributed by atoms with Crippen LogP contribution in [0.5, 0.6) is 0 Å². The Kier molecular flexibility index (Phi) is 2.28. The fourth-order valence-corrected chi connectivity index (χ4v) is 1.43. The summed E-state index contributed by atoms with van der Waals surface area (Å²) in [5.74, 6) is 0. The lowest BCUT2D eigenvalue weighted by molar-refractivity contribution is 0.675. The molecule has 1 aromatic carbocycles. The van der Waals surface area contributed by atoms with Gasteiger partial charge in [-0.15, -0.1) is 0 Å². The van der Waals surface area contributed by atoms with Gasteiger partial charge in [-0.3, -0.25) is 0 Å². The molecule has 1 aliphatic rings. The van der Waals surface area contributed by atoms with Crippen LogP contribution in [0.3, 0.4) is 0 Å². The third kappa shape index (κ3) is 1.76. The van der Waals surface area contributed by atoms with E-state index in [0.29, 0.717) is 0 Å². The van der Waals surface area contributed by atoms with Crippen LogP contribution in [0.15, 0.2) is 34.3 Å². The van der Waals surface area contributed by atoms with Crippen molar-refractivity contribution in [1.29, 1.82) is 0 Å². The van der Waals surface area contributed by atoms with E-state index in [2.05, 4.69) is 51.6 Å². The highest BCUT2D eigenvalue weighted by Crippen LogP contribution is 2.14. The van der Waals surface area contributed by atoms with E-state index in [4.69, 9.17) is 0 Å². The molecule has 0 aliphatic carbocycles. The lowest BCUT2D eigenvalue weighted by Crippen LogP contribution is -2.33. The summed E-state index contributed by atoms with van der Waals surface area (Å²) in [6.45, 7) is 2.10. The van der Waals surface area contributed by atoms with Gasteiger partial charge in [0.2, 0.25) is 0 Å². The Hall–Kier alpha value is -0.600. The molecule has 1 fully saturated rings. The Morgan fingerprint density at radius 3 is 2.33 bits per heavy atom. The van der Waals surface area contributed by atoms with Crippen LogP contribution in [0.1, 0.15) is 5.56 Å². The first-order valence-corrected chi connectivity index (χ1v) is 4.79. The smallest absolute Gasteiger partial charge is 0.0183 e. The Morgan fingerprint density at radius 1 is 1.17 bits per heavy atom. The van der Waals surface area contributed by atoms with Crippen molar-refractivity contribution in [2.75, 3.05) is 13.1 Å². The summed E-state index contributed by atoms with van der Waals surface area (Å²) < 4.78 is 1.14. The van der Waals surface area contributed by atoms with E-state index in [1.165, 1.54) is 11.1 Å². The highest BCUT2D eigenvalue weighted by Gasteiger charge is 2.05. The highest BCUT2D eigenvalue weighted by atomic mass is 79.9. The van der Waals surface area contributed by atoms with Gasteiger partial charge in [0.1, 0.15) is 0 Å². The highest BCUT2D eigenvalue weighted by molar-refractivity contribution is 9.10. The fraction of sp³-hybridized carbons (Fsp3) is 0.200. The first-order chi connectivity index (χ1) is 5.84. The molecule has 1 N–H and O–H groups in total. The molecule has 2 rings (SSSR count). The number of rotatable bonds is 1. The van der Waals surface area contributed by atoms with Crippen molar-refractivity contribution in [2.24, 2.45) is 0 Å². The first kappa shape index (κ1) is 8.02. The van der Waals surface area contributed by atoms with E-state index >= 15 is 0 Å². The van der Waals surface area contributed by atoms with E-state index in [1.807, 2.05) is 0 Å². The van der Waals surface area contributed by atoms with Crippen LogP contribution in [0.2, 0.25) is 0 Å². The van der Waals surface area contributed by atoms with Gasteiger partial charge in [0, 0.05) is 17.6 Å². The number of hydrogen-bond acceptors (Lipinski definition) is 1. The Balaban J connectivity index is 2.18. The summed E-state index contributed by atoms with van der Waals surface area (Å²) in [6, 6.07) is 8.38. The van der Waals surface area contributed by atoms with Gasteiger partial charge in [-0.2, -0.15) is 0 Å². The van der Waals surface area contributed by atoms with Crippen molar-refractivity contribution in [3.8, 4) is 0 Å². The molecule has 0 aromatic heterocycles. The topological polar surface area (TPSA) is 12.0 Å². The van der Waals surface area contributed by atoms with Crippen LogP contribution in [0.4, 0.5) is 0 Å². The van der Waals surface area contributed by atoms with Gasteiger partial charge in [0.25, 0.3) is 0 Å². The van der Waals surface area contributed by atoms with Gasteiger partial charge in [0.15, 0.2) is 0 Å². The lowest BCUT2D eigenvalue weighted by Gasteiger charge is -2.18. The third-order valence-electron chi connectivity index (χ3n) is 1.94. The third-order valence-corrected chi connectivity index (χ3v) is 2.47. The van der Waals surface area contributed by atoms with E-state index in [0.717, 1.165) is 17.6 Å². The molecule has 1 saturated heterocycles. The minimum atomic E-state index is 1.05. The summed E-state index contributed by atoms with van der Waals surface area (Å²) in [5.41, 5.74) is 2.77. The predicted octanol–water partition coefficient (Wildman–Crippen LogP) is 2.44. The van der Waals surface area contributed by atoms with Crippen LogP contribution >= 0.6 is 15.9 Å². The van der Waals surface area contributed by atoms with Gasteiger partial charge in [0.05, 0.1) is 0 Å². The predicted molar refractivity (Wildman–Crippen MR) is 55.0 cm³/mol. The maximum atomic E-state index is 3.41. The molecule has 62 valence electrons. The fourth-order valence-electron chi connectivity index (χ4n) is 1.17. The quantitative estimate of drug-likeness (QED) is 0.772. The molecule has 1 aliphatic heterocycles. The van der Waals surface area contributed by atoms with Crippen LogP contribution in [0, 0.1) is 0 Å². The molecular formula is C10H10BrN. The molecule has 0 unspecified atom stereocenters. The normalized spacial score (nSPS) is 15.6. The molecular weight excluding hydrogens is 214 g/mol. The average Bonchev–Trinajstić information content (AvgIpc) is 2.00. The van der Waals surface area contributed by atoms with E-state index in [1.54, 1.807) is 0 Å². The number of benzene rings is 1. The molecule has 0 radical (unpaired) electrons. The first-order valence-electron chi connectivity index (χ1n) is 4.00. The summed E-state index contributed by atoms with van der Waals surface area (Å²) >= 11 is 3.41. The van der Waals surface area contributed by atoms with Gasteiger partial charge in [-0.05, 0) is 23.3 Å². The zero-order chi connectivity index (χ0) is 8.39. The van der Waals surface area contributed by atoms with Crippen LogP contribution in [-0.2, 0) is 0 Å². The second-order valence-corrected chi connectivity index (χ2v) is 3.87. The lowest BCUT2D eigenvalue weighted by atomic mass is 10.1. The molecule has 0 bridgehead atoms. The second-order valence-electron chi connectivity index (χ2n) is 2.96. The summed E-state index contributed by atoms with van der Waals surface area (Å²) in [4.78, 5) is 0. The van der Waals surface area contributed by atoms with Gasteiger partial charge in [-0.1, -0.05) is 34.1 Å².